The molecule has 0 atom stereocenters. The van der Waals surface area contributed by atoms with Crippen LogP contribution in [0.25, 0.3) is 0 Å². The first-order chi connectivity index (χ1) is 6.24. The second-order valence-electron chi connectivity index (χ2n) is 5.36. The van der Waals surface area contributed by atoms with E-state index < -0.39 is 5.60 Å². The van der Waals surface area contributed by atoms with Crippen LogP contribution in [0, 0.1) is 5.41 Å². The minimum Gasteiger partial charge on any atom is -0.390 e. The van der Waals surface area contributed by atoms with Gasteiger partial charge < -0.3 is 10.0 Å². The Labute approximate surface area is 86.1 Å². The minimum absolute atomic E-state index is 0.224. The third kappa shape index (κ3) is 2.27. The summed E-state index contributed by atoms with van der Waals surface area (Å²) in [5.74, 6) is 0.224. The van der Waals surface area contributed by atoms with Gasteiger partial charge in [0.1, 0.15) is 0 Å². The molecule has 0 aromatic carbocycles. The number of aliphatic hydroxyl groups is 1. The van der Waals surface area contributed by atoms with Crippen molar-refractivity contribution in [1.82, 2.24) is 4.90 Å². The van der Waals surface area contributed by atoms with Crippen molar-refractivity contribution in [2.24, 2.45) is 5.41 Å². The van der Waals surface area contributed by atoms with Gasteiger partial charge in [0.2, 0.25) is 5.91 Å². The molecule has 0 saturated carbocycles. The van der Waals surface area contributed by atoms with Gasteiger partial charge in [-0.3, -0.25) is 4.79 Å². The predicted molar refractivity (Wildman–Crippen MR) is 55.9 cm³/mol. The van der Waals surface area contributed by atoms with Gasteiger partial charge in [0.25, 0.3) is 0 Å². The molecule has 0 unspecified atom stereocenters. The molecule has 0 spiro atoms. The molecule has 3 heteroatoms. The lowest BCUT2D eigenvalue weighted by atomic mass is 9.77. The molecule has 0 radical (unpaired) electrons. The number of hydrogen-bond acceptors (Lipinski definition) is 2. The molecule has 1 aliphatic rings. The van der Waals surface area contributed by atoms with Crippen molar-refractivity contribution in [3.05, 3.63) is 0 Å². The first-order valence-electron chi connectivity index (χ1n) is 5.24. The third-order valence-electron chi connectivity index (χ3n) is 3.41. The largest absolute Gasteiger partial charge is 0.390 e. The number of hydrogen-bond donors (Lipinski definition) is 1. The van der Waals surface area contributed by atoms with E-state index >= 15 is 0 Å². The first-order valence-corrected chi connectivity index (χ1v) is 5.24. The van der Waals surface area contributed by atoms with Crippen molar-refractivity contribution in [3.63, 3.8) is 0 Å². The molecule has 1 fully saturated rings. The van der Waals surface area contributed by atoms with Crippen molar-refractivity contribution in [2.75, 3.05) is 13.1 Å². The molecule has 82 valence electrons. The van der Waals surface area contributed by atoms with Crippen LogP contribution in [0.4, 0.5) is 0 Å². The quantitative estimate of drug-likeness (QED) is 0.746. The predicted octanol–water partition coefficient (Wildman–Crippen LogP) is 1.41. The minimum atomic E-state index is -0.754. The number of amides is 1. The van der Waals surface area contributed by atoms with Crippen molar-refractivity contribution >= 4 is 5.91 Å². The monoisotopic (exact) mass is 199 g/mol. The summed E-state index contributed by atoms with van der Waals surface area (Å²) in [5, 5.41) is 9.95. The summed E-state index contributed by atoms with van der Waals surface area (Å²) < 4.78 is 0. The smallest absolute Gasteiger partial charge is 0.222 e. The Hall–Kier alpha value is -0.570. The zero-order chi connectivity index (χ0) is 11.0. The Balaban J connectivity index is 2.63. The zero-order valence-electron chi connectivity index (χ0n) is 9.63. The fourth-order valence-corrected chi connectivity index (χ4v) is 1.54. The van der Waals surface area contributed by atoms with E-state index in [-0.39, 0.29) is 11.3 Å². The molecule has 0 bridgehead atoms. The zero-order valence-corrected chi connectivity index (χ0v) is 9.63. The van der Waals surface area contributed by atoms with Crippen LogP contribution in [0.5, 0.6) is 0 Å². The van der Waals surface area contributed by atoms with E-state index in [0.717, 1.165) is 13.0 Å². The standard InChI is InChI=1S/C11H21NO2/c1-10(2,11(3,4)14)8-12-7-5-6-9(12)13/h14H,5-8H2,1-4H3. The lowest BCUT2D eigenvalue weighted by molar-refractivity contribution is -0.131. The summed E-state index contributed by atoms with van der Waals surface area (Å²) in [7, 11) is 0. The second kappa shape index (κ2) is 3.54. The Morgan fingerprint density at radius 3 is 2.29 bits per heavy atom. The maximum absolute atomic E-state index is 11.4. The molecule has 0 aliphatic carbocycles. The van der Waals surface area contributed by atoms with Crippen LogP contribution in [-0.4, -0.2) is 34.6 Å². The van der Waals surface area contributed by atoms with E-state index in [1.165, 1.54) is 0 Å². The summed E-state index contributed by atoms with van der Waals surface area (Å²) in [4.78, 5) is 13.3. The fourth-order valence-electron chi connectivity index (χ4n) is 1.54. The maximum Gasteiger partial charge on any atom is 0.222 e. The van der Waals surface area contributed by atoms with Gasteiger partial charge in [0.15, 0.2) is 0 Å². The number of likely N-dealkylation sites (tertiary alicyclic amines) is 1. The fraction of sp³-hybridized carbons (Fsp3) is 0.909. The Morgan fingerprint density at radius 1 is 1.36 bits per heavy atom. The highest BCUT2D eigenvalue weighted by Gasteiger charge is 2.38. The molecular formula is C11H21NO2. The molecule has 1 heterocycles. The number of carbonyl (C=O) groups is 1. The van der Waals surface area contributed by atoms with E-state index in [1.807, 2.05) is 18.7 Å². The number of carbonyl (C=O) groups excluding carboxylic acids is 1. The van der Waals surface area contributed by atoms with Gasteiger partial charge in [0.05, 0.1) is 5.60 Å². The summed E-state index contributed by atoms with van der Waals surface area (Å²) in [6, 6.07) is 0. The third-order valence-corrected chi connectivity index (χ3v) is 3.41. The average Bonchev–Trinajstić information content (AvgIpc) is 2.33. The van der Waals surface area contributed by atoms with Gasteiger partial charge in [-0.25, -0.2) is 0 Å². The van der Waals surface area contributed by atoms with Crippen molar-refractivity contribution in [3.8, 4) is 0 Å². The van der Waals surface area contributed by atoms with Crippen molar-refractivity contribution < 1.29 is 9.90 Å². The first kappa shape index (κ1) is 11.5. The van der Waals surface area contributed by atoms with Crippen molar-refractivity contribution in [2.45, 2.75) is 46.1 Å². The molecule has 1 aliphatic heterocycles. The summed E-state index contributed by atoms with van der Waals surface area (Å²) in [6.07, 6.45) is 1.63. The molecule has 0 aromatic heterocycles. The molecule has 1 N–H and O–H groups in total. The topological polar surface area (TPSA) is 40.5 Å². The van der Waals surface area contributed by atoms with Crippen LogP contribution in [0.3, 0.4) is 0 Å². The van der Waals surface area contributed by atoms with E-state index in [4.69, 9.17) is 0 Å². The summed E-state index contributed by atoms with van der Waals surface area (Å²) in [6.45, 7) is 9.09. The van der Waals surface area contributed by atoms with Gasteiger partial charge in [0, 0.05) is 24.9 Å². The van der Waals surface area contributed by atoms with Crippen molar-refractivity contribution in [1.29, 1.82) is 0 Å². The molecule has 1 amide bonds. The normalized spacial score (nSPS) is 19.2. The lowest BCUT2D eigenvalue weighted by Crippen LogP contribution is -2.47. The highest BCUT2D eigenvalue weighted by molar-refractivity contribution is 5.78. The van der Waals surface area contributed by atoms with Crippen LogP contribution in [0.2, 0.25) is 0 Å². The summed E-state index contributed by atoms with van der Waals surface area (Å²) >= 11 is 0. The van der Waals surface area contributed by atoms with E-state index in [9.17, 15) is 9.90 Å². The van der Waals surface area contributed by atoms with Gasteiger partial charge in [-0.2, -0.15) is 0 Å². The van der Waals surface area contributed by atoms with E-state index in [1.54, 1.807) is 13.8 Å². The SMILES string of the molecule is CC(C)(O)C(C)(C)CN1CCCC1=O. The summed E-state index contributed by atoms with van der Waals surface area (Å²) in [5.41, 5.74) is -1.01. The molecule has 3 nitrogen and oxygen atoms in total. The number of nitrogens with zero attached hydrogens (tertiary/aromatic N) is 1. The van der Waals surface area contributed by atoms with Crippen LogP contribution in [0.1, 0.15) is 40.5 Å². The van der Waals surface area contributed by atoms with E-state index in [2.05, 4.69) is 0 Å². The lowest BCUT2D eigenvalue weighted by Gasteiger charge is -2.40. The van der Waals surface area contributed by atoms with Gasteiger partial charge in [-0.1, -0.05) is 13.8 Å². The molecule has 0 aromatic rings. The van der Waals surface area contributed by atoms with Crippen LogP contribution < -0.4 is 0 Å². The molecule has 1 rings (SSSR count). The molecule has 1 saturated heterocycles. The van der Waals surface area contributed by atoms with Gasteiger partial charge in [-0.15, -0.1) is 0 Å². The van der Waals surface area contributed by atoms with Gasteiger partial charge in [-0.05, 0) is 20.3 Å². The second-order valence-corrected chi connectivity index (χ2v) is 5.36. The Bertz CT molecular complexity index is 228. The van der Waals surface area contributed by atoms with Crippen LogP contribution in [0.15, 0.2) is 0 Å². The number of rotatable bonds is 3. The highest BCUT2D eigenvalue weighted by Crippen LogP contribution is 2.32. The molecule has 14 heavy (non-hydrogen) atoms. The van der Waals surface area contributed by atoms with Crippen LogP contribution in [-0.2, 0) is 4.79 Å². The maximum atomic E-state index is 11.4. The van der Waals surface area contributed by atoms with Crippen LogP contribution >= 0.6 is 0 Å². The molecular weight excluding hydrogens is 178 g/mol. The Morgan fingerprint density at radius 2 is 1.93 bits per heavy atom. The highest BCUT2D eigenvalue weighted by atomic mass is 16.3. The van der Waals surface area contributed by atoms with Gasteiger partial charge >= 0.3 is 0 Å². The average molecular weight is 199 g/mol. The Kier molecular flexibility index (Phi) is 2.91. The van der Waals surface area contributed by atoms with E-state index in [0.29, 0.717) is 13.0 Å².